The summed E-state index contributed by atoms with van der Waals surface area (Å²) in [7, 11) is 0. The zero-order valence-electron chi connectivity index (χ0n) is 10.6. The molecule has 0 radical (unpaired) electrons. The maximum absolute atomic E-state index is 5.43. The van der Waals surface area contributed by atoms with Crippen LogP contribution in [-0.2, 0) is 0 Å². The molecule has 1 heterocycles. The number of hydrogen-bond acceptors (Lipinski definition) is 1. The van der Waals surface area contributed by atoms with Gasteiger partial charge in [0.1, 0.15) is 0 Å². The van der Waals surface area contributed by atoms with E-state index in [4.69, 9.17) is 12.2 Å². The highest BCUT2D eigenvalue weighted by Gasteiger charge is 2.25. The number of H-pyrrole nitrogens is 1. The van der Waals surface area contributed by atoms with Gasteiger partial charge in [-0.3, -0.25) is 0 Å². The van der Waals surface area contributed by atoms with Gasteiger partial charge in [-0.1, -0.05) is 43.2 Å². The molecule has 0 saturated heterocycles. The molecule has 1 aliphatic carbocycles. The van der Waals surface area contributed by atoms with E-state index in [2.05, 4.69) is 40.7 Å². The normalized spacial score (nSPS) is 16.7. The van der Waals surface area contributed by atoms with Crippen LogP contribution in [0.3, 0.4) is 0 Å². The molecule has 1 atom stereocenters. The molecule has 3 heteroatoms. The predicted molar refractivity (Wildman–Crippen MR) is 77.1 cm³/mol. The van der Waals surface area contributed by atoms with Crippen LogP contribution in [-0.4, -0.2) is 9.55 Å². The Bertz CT molecular complexity index is 578. The lowest BCUT2D eigenvalue weighted by Gasteiger charge is -2.16. The van der Waals surface area contributed by atoms with Gasteiger partial charge < -0.3 is 9.55 Å². The van der Waals surface area contributed by atoms with E-state index in [-0.39, 0.29) is 0 Å². The van der Waals surface area contributed by atoms with Crippen molar-refractivity contribution in [2.75, 3.05) is 0 Å². The Labute approximate surface area is 113 Å². The monoisotopic (exact) mass is 258 g/mol. The van der Waals surface area contributed by atoms with Crippen molar-refractivity contribution < 1.29 is 0 Å². The number of hydrogen-bond donors (Lipinski definition) is 1. The molecular formula is C15H18N2S. The molecule has 3 rings (SSSR count). The number of benzene rings is 1. The first-order valence-electron chi connectivity index (χ1n) is 6.61. The summed E-state index contributed by atoms with van der Waals surface area (Å²) < 4.78 is 3.10. The van der Waals surface area contributed by atoms with Crippen LogP contribution in [0.25, 0.3) is 11.3 Å². The molecule has 18 heavy (non-hydrogen) atoms. The number of rotatable bonds is 4. The lowest BCUT2D eigenvalue weighted by Crippen LogP contribution is -2.07. The van der Waals surface area contributed by atoms with Crippen molar-refractivity contribution in [3.63, 3.8) is 0 Å². The number of imidazole rings is 1. The van der Waals surface area contributed by atoms with Crippen molar-refractivity contribution in [2.45, 2.75) is 32.2 Å². The van der Waals surface area contributed by atoms with E-state index >= 15 is 0 Å². The Morgan fingerprint density at radius 3 is 2.72 bits per heavy atom. The Balaban J connectivity index is 1.97. The van der Waals surface area contributed by atoms with Gasteiger partial charge in [0, 0.05) is 12.2 Å². The van der Waals surface area contributed by atoms with Gasteiger partial charge in [0.25, 0.3) is 0 Å². The minimum Gasteiger partial charge on any atom is -0.337 e. The molecule has 2 nitrogen and oxygen atoms in total. The molecule has 0 aliphatic heterocycles. The third kappa shape index (κ3) is 2.27. The Hall–Kier alpha value is -1.35. The third-order valence-electron chi connectivity index (χ3n) is 3.69. The van der Waals surface area contributed by atoms with Crippen LogP contribution in [0.1, 0.15) is 32.2 Å². The van der Waals surface area contributed by atoms with E-state index in [1.807, 2.05) is 12.3 Å². The van der Waals surface area contributed by atoms with Crippen LogP contribution >= 0.6 is 12.2 Å². The lowest BCUT2D eigenvalue weighted by molar-refractivity contribution is 0.476. The first kappa shape index (κ1) is 11.7. The highest BCUT2D eigenvalue weighted by Crippen LogP contribution is 2.38. The highest BCUT2D eigenvalue weighted by molar-refractivity contribution is 7.71. The maximum Gasteiger partial charge on any atom is 0.177 e. The van der Waals surface area contributed by atoms with Crippen LogP contribution in [0.4, 0.5) is 0 Å². The summed E-state index contributed by atoms with van der Waals surface area (Å²) in [4.78, 5) is 3.19. The van der Waals surface area contributed by atoms with E-state index < -0.39 is 0 Å². The van der Waals surface area contributed by atoms with Crippen molar-refractivity contribution in [1.82, 2.24) is 9.55 Å². The van der Waals surface area contributed by atoms with Crippen LogP contribution in [0.15, 0.2) is 36.5 Å². The smallest absolute Gasteiger partial charge is 0.177 e. The zero-order chi connectivity index (χ0) is 12.5. The molecule has 0 amide bonds. The fraction of sp³-hybridized carbons (Fsp3) is 0.400. The molecule has 1 N–H and O–H groups in total. The quantitative estimate of drug-likeness (QED) is 0.796. The van der Waals surface area contributed by atoms with Crippen LogP contribution in [0, 0.1) is 10.7 Å². The second-order valence-electron chi connectivity index (χ2n) is 5.24. The largest absolute Gasteiger partial charge is 0.337 e. The number of nitrogens with zero attached hydrogens (tertiary/aromatic N) is 1. The Morgan fingerprint density at radius 2 is 2.06 bits per heavy atom. The molecule has 1 unspecified atom stereocenters. The average molecular weight is 258 g/mol. The van der Waals surface area contributed by atoms with Gasteiger partial charge in [-0.25, -0.2) is 0 Å². The lowest BCUT2D eigenvalue weighted by atomic mass is 10.1. The SMILES string of the molecule is CC(CC1CC1)n1c(-c2ccccc2)c[nH]c1=S. The van der Waals surface area contributed by atoms with Crippen molar-refractivity contribution in [3.8, 4) is 11.3 Å². The summed E-state index contributed by atoms with van der Waals surface area (Å²) in [5, 5.41) is 0. The molecule has 1 fully saturated rings. The zero-order valence-corrected chi connectivity index (χ0v) is 11.4. The van der Waals surface area contributed by atoms with Crippen LogP contribution in [0.2, 0.25) is 0 Å². The van der Waals surface area contributed by atoms with Crippen molar-refractivity contribution in [2.24, 2.45) is 5.92 Å². The molecule has 94 valence electrons. The highest BCUT2D eigenvalue weighted by atomic mass is 32.1. The van der Waals surface area contributed by atoms with Gasteiger partial charge in [-0.2, -0.15) is 0 Å². The van der Waals surface area contributed by atoms with Gasteiger partial charge >= 0.3 is 0 Å². The minimum atomic E-state index is 0.478. The minimum absolute atomic E-state index is 0.478. The summed E-state index contributed by atoms with van der Waals surface area (Å²) in [5.41, 5.74) is 2.43. The Morgan fingerprint density at radius 1 is 1.33 bits per heavy atom. The van der Waals surface area contributed by atoms with Crippen LogP contribution in [0.5, 0.6) is 0 Å². The molecule has 2 aromatic rings. The first-order valence-corrected chi connectivity index (χ1v) is 7.02. The summed E-state index contributed by atoms with van der Waals surface area (Å²) in [6.45, 7) is 2.27. The Kier molecular flexibility index (Phi) is 3.08. The molecule has 1 aromatic carbocycles. The van der Waals surface area contributed by atoms with E-state index in [0.717, 1.165) is 10.7 Å². The number of aromatic nitrogens is 2. The fourth-order valence-electron chi connectivity index (χ4n) is 2.59. The maximum atomic E-state index is 5.43. The van der Waals surface area contributed by atoms with Gasteiger partial charge in [0.05, 0.1) is 5.69 Å². The van der Waals surface area contributed by atoms with Gasteiger partial charge in [0.2, 0.25) is 0 Å². The second kappa shape index (κ2) is 4.73. The molecule has 1 saturated carbocycles. The van der Waals surface area contributed by atoms with Crippen molar-refractivity contribution in [3.05, 3.63) is 41.3 Å². The fourth-order valence-corrected chi connectivity index (χ4v) is 2.93. The molecule has 0 spiro atoms. The predicted octanol–water partition coefficient (Wildman–Crippen LogP) is 4.57. The van der Waals surface area contributed by atoms with Crippen molar-refractivity contribution in [1.29, 1.82) is 0 Å². The van der Waals surface area contributed by atoms with E-state index in [1.165, 1.54) is 30.5 Å². The molecule has 0 bridgehead atoms. The first-order chi connectivity index (χ1) is 8.75. The topological polar surface area (TPSA) is 20.7 Å². The van der Waals surface area contributed by atoms with E-state index in [9.17, 15) is 0 Å². The van der Waals surface area contributed by atoms with Gasteiger partial charge in [-0.05, 0) is 37.0 Å². The van der Waals surface area contributed by atoms with Crippen LogP contribution < -0.4 is 0 Å². The van der Waals surface area contributed by atoms with E-state index in [0.29, 0.717) is 6.04 Å². The molecule has 1 aromatic heterocycles. The number of aromatic amines is 1. The standard InChI is InChI=1S/C15H18N2S/c1-11(9-12-7-8-12)17-14(10-16-15(17)18)13-5-3-2-4-6-13/h2-6,10-12H,7-9H2,1H3,(H,16,18). The molecular weight excluding hydrogens is 240 g/mol. The van der Waals surface area contributed by atoms with E-state index in [1.54, 1.807) is 0 Å². The summed E-state index contributed by atoms with van der Waals surface area (Å²) in [5.74, 6) is 0.917. The average Bonchev–Trinajstić information content (AvgIpc) is 3.10. The summed E-state index contributed by atoms with van der Waals surface area (Å²) in [6.07, 6.45) is 6.05. The summed E-state index contributed by atoms with van der Waals surface area (Å²) >= 11 is 5.43. The van der Waals surface area contributed by atoms with Gasteiger partial charge in [0.15, 0.2) is 4.77 Å². The molecule has 1 aliphatic rings. The summed E-state index contributed by atoms with van der Waals surface area (Å²) in [6, 6.07) is 10.9. The van der Waals surface area contributed by atoms with Crippen molar-refractivity contribution >= 4 is 12.2 Å². The second-order valence-corrected chi connectivity index (χ2v) is 5.63. The third-order valence-corrected chi connectivity index (χ3v) is 4.01. The number of nitrogens with one attached hydrogen (secondary N) is 1. The van der Waals surface area contributed by atoms with Gasteiger partial charge in [-0.15, -0.1) is 0 Å².